The third-order valence-corrected chi connectivity index (χ3v) is 1.18. The van der Waals surface area contributed by atoms with E-state index in [0.29, 0.717) is 6.42 Å². The average Bonchev–Trinajstić information content (AvgIpc) is 1.88. The molecule has 5 heteroatoms. The molecule has 0 aliphatic carbocycles. The van der Waals surface area contributed by atoms with Gasteiger partial charge in [0.2, 0.25) is 0 Å². The average molecular weight is 181 g/mol. The van der Waals surface area contributed by atoms with Gasteiger partial charge < -0.3 is 9.47 Å². The van der Waals surface area contributed by atoms with Gasteiger partial charge in [0, 0.05) is 18.7 Å². The molecule has 1 atom stereocenters. The van der Waals surface area contributed by atoms with Gasteiger partial charge in [-0.15, -0.1) is 0 Å². The summed E-state index contributed by atoms with van der Waals surface area (Å²) >= 11 is 4.79. The molecule has 0 amide bonds. The molecule has 4 nitrogen and oxygen atoms in total. The summed E-state index contributed by atoms with van der Waals surface area (Å²) in [7, 11) is 1.36. The Hall–Kier alpha value is -0.610. The molecule has 0 saturated heterocycles. The highest BCUT2D eigenvalue weighted by molar-refractivity contribution is 6.61. The maximum atomic E-state index is 10.8. The lowest BCUT2D eigenvalue weighted by Crippen LogP contribution is -2.25. The Labute approximate surface area is 69.4 Å². The van der Waals surface area contributed by atoms with Crippen LogP contribution in [-0.2, 0) is 14.3 Å². The molecule has 0 aromatic rings. The normalized spacial score (nSPS) is 12.3. The van der Waals surface area contributed by atoms with Crippen molar-refractivity contribution >= 4 is 23.0 Å². The summed E-state index contributed by atoms with van der Waals surface area (Å²) in [6, 6.07) is 0. The van der Waals surface area contributed by atoms with Gasteiger partial charge in [0.25, 0.3) is 0 Å². The topological polar surface area (TPSA) is 52.6 Å². The summed E-state index contributed by atoms with van der Waals surface area (Å²) in [6.07, 6.45) is -0.267. The number of hydrogen-bond acceptors (Lipinski definition) is 4. The first-order valence-electron chi connectivity index (χ1n) is 3.05. The Balaban J connectivity index is 3.89. The molecule has 0 radical (unpaired) electrons. The van der Waals surface area contributed by atoms with Gasteiger partial charge >= 0.3 is 11.4 Å². The quantitative estimate of drug-likeness (QED) is 0.373. The summed E-state index contributed by atoms with van der Waals surface area (Å²) < 4.78 is 8.73. The number of esters is 1. The second-order valence-corrected chi connectivity index (χ2v) is 2.10. The van der Waals surface area contributed by atoms with Crippen molar-refractivity contribution in [3.8, 4) is 0 Å². The molecule has 0 bridgehead atoms. The second-order valence-electron chi connectivity index (χ2n) is 1.79. The van der Waals surface area contributed by atoms with Crippen molar-refractivity contribution in [3.63, 3.8) is 0 Å². The largest absolute Gasteiger partial charge is 0.411 e. The predicted octanol–water partition coefficient (Wildman–Crippen LogP) is 1.31. The fourth-order valence-corrected chi connectivity index (χ4v) is 0.650. The van der Waals surface area contributed by atoms with E-state index in [1.54, 1.807) is 6.92 Å². The van der Waals surface area contributed by atoms with Crippen molar-refractivity contribution in [1.29, 1.82) is 0 Å². The Morgan fingerprint density at radius 3 is 2.36 bits per heavy atom. The predicted molar refractivity (Wildman–Crippen MR) is 38.4 cm³/mol. The van der Waals surface area contributed by atoms with Crippen LogP contribution in [0, 0.1) is 0 Å². The number of carbonyl (C=O) groups excluding carboxylic acids is 2. The van der Waals surface area contributed by atoms with Crippen LogP contribution in [-0.4, -0.2) is 24.6 Å². The molecular weight excluding hydrogens is 172 g/mol. The van der Waals surface area contributed by atoms with Gasteiger partial charge in [-0.25, -0.2) is 9.59 Å². The minimum atomic E-state index is -1.13. The van der Waals surface area contributed by atoms with Crippen LogP contribution >= 0.6 is 11.6 Å². The molecule has 0 rings (SSSR count). The van der Waals surface area contributed by atoms with Crippen molar-refractivity contribution < 1.29 is 19.1 Å². The smallest absolute Gasteiger partial charge is 0.379 e. The van der Waals surface area contributed by atoms with E-state index in [1.807, 2.05) is 0 Å². The van der Waals surface area contributed by atoms with Gasteiger partial charge in [0.15, 0.2) is 6.10 Å². The van der Waals surface area contributed by atoms with Crippen LogP contribution in [0.3, 0.4) is 0 Å². The van der Waals surface area contributed by atoms with E-state index < -0.39 is 17.5 Å². The number of carbonyl (C=O) groups is 2. The molecule has 0 saturated carbocycles. The van der Waals surface area contributed by atoms with Crippen molar-refractivity contribution in [1.82, 2.24) is 0 Å². The summed E-state index contributed by atoms with van der Waals surface area (Å²) in [5.74, 6) is -0.755. The minimum Gasteiger partial charge on any atom is -0.379 e. The number of ether oxygens (including phenoxy) is 2. The molecule has 0 heterocycles. The Morgan fingerprint density at radius 2 is 2.09 bits per heavy atom. The zero-order valence-corrected chi connectivity index (χ0v) is 7.05. The lowest BCUT2D eigenvalue weighted by molar-refractivity contribution is -0.147. The standard InChI is InChI=1S/C6H9ClO4/c1-3-4(10-2)5(8)11-6(7)9/h4H,3H2,1-2H3. The molecule has 0 aromatic carbocycles. The fourth-order valence-electron chi connectivity index (χ4n) is 0.574. The Kier molecular flexibility index (Phi) is 4.81. The molecule has 0 aliphatic heterocycles. The monoisotopic (exact) mass is 180 g/mol. The van der Waals surface area contributed by atoms with Gasteiger partial charge in [-0.3, -0.25) is 0 Å². The summed E-state index contributed by atoms with van der Waals surface area (Å²) in [5.41, 5.74) is -1.13. The van der Waals surface area contributed by atoms with Crippen molar-refractivity contribution in [2.24, 2.45) is 0 Å². The number of halogens is 1. The molecule has 1 unspecified atom stereocenters. The van der Waals surface area contributed by atoms with E-state index in [4.69, 9.17) is 11.6 Å². The third kappa shape index (κ3) is 3.95. The van der Waals surface area contributed by atoms with Crippen LogP contribution in [0.5, 0.6) is 0 Å². The zero-order valence-electron chi connectivity index (χ0n) is 6.30. The zero-order chi connectivity index (χ0) is 8.85. The van der Waals surface area contributed by atoms with Crippen LogP contribution in [0.2, 0.25) is 0 Å². The first kappa shape index (κ1) is 10.4. The maximum absolute atomic E-state index is 10.8. The summed E-state index contributed by atoms with van der Waals surface area (Å²) in [5, 5.41) is 0. The van der Waals surface area contributed by atoms with E-state index in [2.05, 4.69) is 9.47 Å². The SMILES string of the molecule is CCC(OC)C(=O)OC(=O)Cl. The Morgan fingerprint density at radius 1 is 1.55 bits per heavy atom. The van der Waals surface area contributed by atoms with Crippen LogP contribution in [0.4, 0.5) is 4.79 Å². The van der Waals surface area contributed by atoms with E-state index >= 15 is 0 Å². The van der Waals surface area contributed by atoms with Crippen LogP contribution in [0.1, 0.15) is 13.3 Å². The van der Waals surface area contributed by atoms with Crippen LogP contribution in [0.25, 0.3) is 0 Å². The van der Waals surface area contributed by atoms with Gasteiger partial charge in [-0.05, 0) is 6.42 Å². The number of methoxy groups -OCH3 is 1. The number of rotatable bonds is 3. The summed E-state index contributed by atoms with van der Waals surface area (Å²) in [4.78, 5) is 20.8. The highest BCUT2D eigenvalue weighted by Crippen LogP contribution is 2.00. The number of hydrogen-bond donors (Lipinski definition) is 0. The van der Waals surface area contributed by atoms with E-state index in [9.17, 15) is 9.59 Å². The van der Waals surface area contributed by atoms with Gasteiger partial charge in [-0.1, -0.05) is 6.92 Å². The lowest BCUT2D eigenvalue weighted by atomic mass is 10.3. The van der Waals surface area contributed by atoms with Crippen molar-refractivity contribution in [2.75, 3.05) is 7.11 Å². The lowest BCUT2D eigenvalue weighted by Gasteiger charge is -2.08. The molecule has 0 aromatic heterocycles. The maximum Gasteiger partial charge on any atom is 0.411 e. The molecule has 0 spiro atoms. The molecule has 11 heavy (non-hydrogen) atoms. The van der Waals surface area contributed by atoms with Gasteiger partial charge in [0.05, 0.1) is 0 Å². The summed E-state index contributed by atoms with van der Waals surface area (Å²) in [6.45, 7) is 1.73. The molecule has 64 valence electrons. The second kappa shape index (κ2) is 5.09. The van der Waals surface area contributed by atoms with E-state index in [-0.39, 0.29) is 0 Å². The van der Waals surface area contributed by atoms with E-state index in [0.717, 1.165) is 0 Å². The molecular formula is C6H9ClO4. The van der Waals surface area contributed by atoms with Crippen molar-refractivity contribution in [3.05, 3.63) is 0 Å². The fraction of sp³-hybridized carbons (Fsp3) is 0.667. The first-order chi connectivity index (χ1) is 5.11. The van der Waals surface area contributed by atoms with Crippen molar-refractivity contribution in [2.45, 2.75) is 19.4 Å². The first-order valence-corrected chi connectivity index (χ1v) is 3.43. The minimum absolute atomic E-state index is 0.444. The molecule has 0 aliphatic rings. The highest BCUT2D eigenvalue weighted by Gasteiger charge is 2.19. The van der Waals surface area contributed by atoms with Crippen LogP contribution < -0.4 is 0 Å². The Bertz CT molecular complexity index is 153. The van der Waals surface area contributed by atoms with Crippen LogP contribution in [0.15, 0.2) is 0 Å². The molecule has 0 N–H and O–H groups in total. The third-order valence-electron chi connectivity index (χ3n) is 1.10. The highest BCUT2D eigenvalue weighted by atomic mass is 35.5. The molecule has 0 fully saturated rings. The van der Waals surface area contributed by atoms with Gasteiger partial charge in [-0.2, -0.15) is 0 Å². The van der Waals surface area contributed by atoms with E-state index in [1.165, 1.54) is 7.11 Å². The van der Waals surface area contributed by atoms with Gasteiger partial charge in [0.1, 0.15) is 0 Å².